The highest BCUT2D eigenvalue weighted by molar-refractivity contribution is 7.91. The van der Waals surface area contributed by atoms with Crippen molar-refractivity contribution < 1.29 is 23.1 Å². The van der Waals surface area contributed by atoms with E-state index in [1.165, 1.54) is 0 Å². The molecule has 0 aromatic rings. The molecule has 110 valence electrons. The highest BCUT2D eigenvalue weighted by atomic mass is 32.2. The monoisotopic (exact) mass is 291 g/mol. The molecule has 0 aromatic heterocycles. The molecule has 0 aliphatic carbocycles. The molecule has 0 aromatic carbocycles. The van der Waals surface area contributed by atoms with Crippen LogP contribution in [0.15, 0.2) is 0 Å². The number of sulfone groups is 1. The van der Waals surface area contributed by atoms with E-state index in [1.54, 1.807) is 0 Å². The van der Waals surface area contributed by atoms with Gasteiger partial charge in [0.25, 0.3) is 0 Å². The number of aliphatic carboxylic acids is 1. The second-order valence-corrected chi connectivity index (χ2v) is 7.65. The van der Waals surface area contributed by atoms with Crippen LogP contribution >= 0.6 is 0 Å². The number of ether oxygens (including phenoxy) is 1. The van der Waals surface area contributed by atoms with E-state index in [0.717, 1.165) is 32.6 Å². The SMILES string of the molecule is O=C(O)CC1CS(=O)(=O)CCN1CC1CCOCC1. The Balaban J connectivity index is 1.97. The number of nitrogens with zero attached hydrogens (tertiary/aromatic N) is 1. The largest absolute Gasteiger partial charge is 0.481 e. The van der Waals surface area contributed by atoms with E-state index in [9.17, 15) is 13.2 Å². The maximum absolute atomic E-state index is 11.6. The van der Waals surface area contributed by atoms with Gasteiger partial charge in [-0.3, -0.25) is 9.69 Å². The first-order valence-corrected chi connectivity index (χ1v) is 8.52. The van der Waals surface area contributed by atoms with Crippen molar-refractivity contribution in [2.75, 3.05) is 37.8 Å². The standard InChI is InChI=1S/C12H21NO5S/c14-12(15)7-11-9-19(16,17)6-3-13(11)8-10-1-4-18-5-2-10/h10-11H,1-9H2,(H,14,15). The Morgan fingerprint density at radius 2 is 2.00 bits per heavy atom. The Labute approximate surface area is 113 Å². The molecule has 2 rings (SSSR count). The van der Waals surface area contributed by atoms with E-state index in [2.05, 4.69) is 0 Å². The van der Waals surface area contributed by atoms with Gasteiger partial charge < -0.3 is 9.84 Å². The zero-order valence-corrected chi connectivity index (χ0v) is 11.8. The molecule has 0 saturated carbocycles. The maximum Gasteiger partial charge on any atom is 0.304 e. The van der Waals surface area contributed by atoms with Crippen LogP contribution in [-0.2, 0) is 19.4 Å². The fraction of sp³-hybridized carbons (Fsp3) is 0.917. The lowest BCUT2D eigenvalue weighted by molar-refractivity contribution is -0.138. The van der Waals surface area contributed by atoms with Gasteiger partial charge in [-0.1, -0.05) is 0 Å². The number of carbonyl (C=O) groups is 1. The Bertz CT molecular complexity index is 416. The third kappa shape index (κ3) is 4.43. The summed E-state index contributed by atoms with van der Waals surface area (Å²) in [7, 11) is -3.08. The molecule has 0 spiro atoms. The van der Waals surface area contributed by atoms with Crippen molar-refractivity contribution in [3.63, 3.8) is 0 Å². The summed E-state index contributed by atoms with van der Waals surface area (Å²) in [5.41, 5.74) is 0. The number of rotatable bonds is 4. The van der Waals surface area contributed by atoms with E-state index in [4.69, 9.17) is 9.84 Å². The molecule has 2 heterocycles. The summed E-state index contributed by atoms with van der Waals surface area (Å²) in [6, 6.07) is -0.376. The number of hydrogen-bond acceptors (Lipinski definition) is 5. The Morgan fingerprint density at radius 1 is 1.32 bits per heavy atom. The summed E-state index contributed by atoms with van der Waals surface area (Å²) in [5.74, 6) is -0.320. The van der Waals surface area contributed by atoms with Crippen molar-refractivity contribution in [1.82, 2.24) is 4.90 Å². The Hall–Kier alpha value is -0.660. The third-order valence-electron chi connectivity index (χ3n) is 3.90. The van der Waals surface area contributed by atoms with Crippen LogP contribution in [-0.4, -0.2) is 68.2 Å². The molecule has 6 nitrogen and oxygen atoms in total. The fourth-order valence-electron chi connectivity index (χ4n) is 2.81. The topological polar surface area (TPSA) is 83.9 Å². The highest BCUT2D eigenvalue weighted by Gasteiger charge is 2.33. The van der Waals surface area contributed by atoms with Gasteiger partial charge in [0.05, 0.1) is 17.9 Å². The molecule has 1 N–H and O–H groups in total. The molecule has 0 amide bonds. The molecule has 2 fully saturated rings. The average Bonchev–Trinajstić information content (AvgIpc) is 2.33. The zero-order valence-electron chi connectivity index (χ0n) is 11.0. The van der Waals surface area contributed by atoms with Gasteiger partial charge in [0, 0.05) is 32.3 Å². The summed E-state index contributed by atoms with van der Waals surface area (Å²) in [5, 5.41) is 8.92. The van der Waals surface area contributed by atoms with E-state index >= 15 is 0 Å². The van der Waals surface area contributed by atoms with Crippen LogP contribution in [0.3, 0.4) is 0 Å². The fourth-order valence-corrected chi connectivity index (χ4v) is 4.41. The number of carboxylic acids is 1. The van der Waals surface area contributed by atoms with Crippen LogP contribution in [0.5, 0.6) is 0 Å². The summed E-state index contributed by atoms with van der Waals surface area (Å²) in [6.07, 6.45) is 1.86. The van der Waals surface area contributed by atoms with Crippen LogP contribution in [0.1, 0.15) is 19.3 Å². The van der Waals surface area contributed by atoms with Gasteiger partial charge in [0.1, 0.15) is 0 Å². The quantitative estimate of drug-likeness (QED) is 0.784. The third-order valence-corrected chi connectivity index (χ3v) is 5.59. The lowest BCUT2D eigenvalue weighted by Gasteiger charge is -2.37. The first-order chi connectivity index (χ1) is 8.96. The molecule has 0 bridgehead atoms. The van der Waals surface area contributed by atoms with Gasteiger partial charge in [-0.05, 0) is 18.8 Å². The lowest BCUT2D eigenvalue weighted by Crippen LogP contribution is -2.51. The number of hydrogen-bond donors (Lipinski definition) is 1. The Kier molecular flexibility index (Phi) is 4.81. The molecule has 2 aliphatic rings. The highest BCUT2D eigenvalue weighted by Crippen LogP contribution is 2.21. The molecule has 19 heavy (non-hydrogen) atoms. The minimum atomic E-state index is -3.08. The van der Waals surface area contributed by atoms with Crippen molar-refractivity contribution in [3.05, 3.63) is 0 Å². The van der Waals surface area contributed by atoms with Gasteiger partial charge in [-0.25, -0.2) is 8.42 Å². The van der Waals surface area contributed by atoms with Crippen LogP contribution in [0.4, 0.5) is 0 Å². The predicted molar refractivity (Wildman–Crippen MR) is 69.8 cm³/mol. The first-order valence-electron chi connectivity index (χ1n) is 6.70. The van der Waals surface area contributed by atoms with Crippen molar-refractivity contribution in [2.24, 2.45) is 5.92 Å². The zero-order chi connectivity index (χ0) is 13.9. The second-order valence-electron chi connectivity index (χ2n) is 5.42. The van der Waals surface area contributed by atoms with Gasteiger partial charge in [0.15, 0.2) is 9.84 Å². The number of carboxylic acid groups (broad SMARTS) is 1. The summed E-state index contributed by atoms with van der Waals surface area (Å²) < 4.78 is 28.6. The molecule has 1 unspecified atom stereocenters. The molecular formula is C12H21NO5S. The van der Waals surface area contributed by atoms with Gasteiger partial charge in [-0.2, -0.15) is 0 Å². The molecule has 0 radical (unpaired) electrons. The van der Waals surface area contributed by atoms with Crippen molar-refractivity contribution in [2.45, 2.75) is 25.3 Å². The van der Waals surface area contributed by atoms with Gasteiger partial charge in [-0.15, -0.1) is 0 Å². The molecular weight excluding hydrogens is 270 g/mol. The van der Waals surface area contributed by atoms with Gasteiger partial charge in [0.2, 0.25) is 0 Å². The van der Waals surface area contributed by atoms with Crippen molar-refractivity contribution in [3.8, 4) is 0 Å². The average molecular weight is 291 g/mol. The van der Waals surface area contributed by atoms with E-state index < -0.39 is 15.8 Å². The predicted octanol–water partition coefficient (Wildman–Crippen LogP) is -0.0133. The van der Waals surface area contributed by atoms with Crippen LogP contribution in [0, 0.1) is 5.92 Å². The summed E-state index contributed by atoms with van der Waals surface area (Å²) >= 11 is 0. The summed E-state index contributed by atoms with van der Waals surface area (Å²) in [6.45, 7) is 2.75. The van der Waals surface area contributed by atoms with Crippen molar-refractivity contribution >= 4 is 15.8 Å². The summed E-state index contributed by atoms with van der Waals surface area (Å²) in [4.78, 5) is 12.9. The molecule has 1 atom stereocenters. The minimum Gasteiger partial charge on any atom is -0.481 e. The Morgan fingerprint density at radius 3 is 2.63 bits per heavy atom. The maximum atomic E-state index is 11.6. The minimum absolute atomic E-state index is 0.0253. The van der Waals surface area contributed by atoms with Gasteiger partial charge >= 0.3 is 5.97 Å². The van der Waals surface area contributed by atoms with Crippen LogP contribution in [0.2, 0.25) is 0 Å². The van der Waals surface area contributed by atoms with Crippen molar-refractivity contribution in [1.29, 1.82) is 0 Å². The molecule has 2 saturated heterocycles. The second kappa shape index (κ2) is 6.19. The molecule has 7 heteroatoms. The normalized spacial score (nSPS) is 29.2. The van der Waals surface area contributed by atoms with E-state index in [1.807, 2.05) is 4.90 Å². The van der Waals surface area contributed by atoms with E-state index in [-0.39, 0.29) is 24.0 Å². The first kappa shape index (κ1) is 14.7. The van der Waals surface area contributed by atoms with Crippen LogP contribution in [0.25, 0.3) is 0 Å². The van der Waals surface area contributed by atoms with E-state index in [0.29, 0.717) is 12.5 Å². The molecule has 2 aliphatic heterocycles. The smallest absolute Gasteiger partial charge is 0.304 e. The lowest BCUT2D eigenvalue weighted by atomic mass is 9.98. The van der Waals surface area contributed by atoms with Crippen LogP contribution < -0.4 is 0 Å².